The molecule has 2 atom stereocenters. The maximum absolute atomic E-state index is 6.26. The Labute approximate surface area is 120 Å². The summed E-state index contributed by atoms with van der Waals surface area (Å²) in [6, 6.07) is 5.96. The van der Waals surface area contributed by atoms with E-state index in [2.05, 4.69) is 13.8 Å². The van der Waals surface area contributed by atoms with Gasteiger partial charge in [-0.05, 0) is 60.8 Å². The van der Waals surface area contributed by atoms with Gasteiger partial charge in [0.25, 0.3) is 0 Å². The number of nitrogens with two attached hydrogens (primary N) is 1. The van der Waals surface area contributed by atoms with Gasteiger partial charge in [-0.15, -0.1) is 0 Å². The molecular formula is C15H21Cl2N. The third-order valence-corrected chi connectivity index (χ3v) is 4.67. The predicted octanol–water partition coefficient (Wildman–Crippen LogP) is 4.69. The summed E-state index contributed by atoms with van der Waals surface area (Å²) in [4.78, 5) is 0. The lowest BCUT2D eigenvalue weighted by Crippen LogP contribution is -2.40. The van der Waals surface area contributed by atoms with Gasteiger partial charge in [-0.1, -0.05) is 37.0 Å². The minimum Gasteiger partial charge on any atom is -0.327 e. The van der Waals surface area contributed by atoms with E-state index in [0.717, 1.165) is 34.9 Å². The van der Waals surface area contributed by atoms with Crippen LogP contribution in [0, 0.1) is 11.3 Å². The summed E-state index contributed by atoms with van der Waals surface area (Å²) < 4.78 is 0. The summed E-state index contributed by atoms with van der Waals surface area (Å²) in [6.07, 6.45) is 4.42. The van der Waals surface area contributed by atoms with E-state index < -0.39 is 0 Å². The van der Waals surface area contributed by atoms with E-state index in [1.165, 1.54) is 6.42 Å². The van der Waals surface area contributed by atoms with Gasteiger partial charge in [0.2, 0.25) is 0 Å². The highest BCUT2D eigenvalue weighted by Gasteiger charge is 2.33. The highest BCUT2D eigenvalue weighted by molar-refractivity contribution is 6.33. The zero-order valence-corrected chi connectivity index (χ0v) is 12.6. The van der Waals surface area contributed by atoms with Crippen molar-refractivity contribution in [2.24, 2.45) is 17.1 Å². The van der Waals surface area contributed by atoms with Gasteiger partial charge in [0.1, 0.15) is 0 Å². The van der Waals surface area contributed by atoms with Gasteiger partial charge in [-0.25, -0.2) is 0 Å². The first kappa shape index (κ1) is 14.2. The molecule has 0 amide bonds. The molecule has 0 aliphatic heterocycles. The molecule has 1 aliphatic carbocycles. The van der Waals surface area contributed by atoms with Gasteiger partial charge < -0.3 is 5.73 Å². The molecule has 0 spiro atoms. The number of rotatable bonds is 2. The van der Waals surface area contributed by atoms with Gasteiger partial charge in [0.15, 0.2) is 0 Å². The van der Waals surface area contributed by atoms with Gasteiger partial charge in [0.05, 0.1) is 0 Å². The summed E-state index contributed by atoms with van der Waals surface area (Å²) in [7, 11) is 0. The van der Waals surface area contributed by atoms with E-state index in [4.69, 9.17) is 28.9 Å². The lowest BCUT2D eigenvalue weighted by molar-refractivity contribution is 0.157. The number of hydrogen-bond donors (Lipinski definition) is 1. The lowest BCUT2D eigenvalue weighted by atomic mass is 9.68. The van der Waals surface area contributed by atoms with Crippen LogP contribution in [0.5, 0.6) is 0 Å². The van der Waals surface area contributed by atoms with Gasteiger partial charge >= 0.3 is 0 Å². The summed E-state index contributed by atoms with van der Waals surface area (Å²) in [5.74, 6) is 0.504. The quantitative estimate of drug-likeness (QED) is 0.838. The van der Waals surface area contributed by atoms with Crippen molar-refractivity contribution in [2.45, 2.75) is 45.6 Å². The molecule has 18 heavy (non-hydrogen) atoms. The van der Waals surface area contributed by atoms with Crippen molar-refractivity contribution in [2.75, 3.05) is 0 Å². The monoisotopic (exact) mass is 285 g/mol. The molecule has 100 valence electrons. The van der Waals surface area contributed by atoms with Crippen LogP contribution < -0.4 is 5.73 Å². The Balaban J connectivity index is 2.14. The van der Waals surface area contributed by atoms with Gasteiger partial charge in [-0.3, -0.25) is 0 Å². The fraction of sp³-hybridized carbons (Fsp3) is 0.600. The van der Waals surface area contributed by atoms with Crippen molar-refractivity contribution < 1.29 is 0 Å². The predicted molar refractivity (Wildman–Crippen MR) is 79.3 cm³/mol. The van der Waals surface area contributed by atoms with Crippen molar-refractivity contribution in [3.63, 3.8) is 0 Å². The minimum absolute atomic E-state index is 0.285. The van der Waals surface area contributed by atoms with Crippen LogP contribution in [0.1, 0.15) is 38.7 Å². The largest absolute Gasteiger partial charge is 0.327 e. The maximum Gasteiger partial charge on any atom is 0.0439 e. The molecule has 1 saturated carbocycles. The molecule has 0 heterocycles. The van der Waals surface area contributed by atoms with E-state index >= 15 is 0 Å². The van der Waals surface area contributed by atoms with Crippen LogP contribution in [0.4, 0.5) is 0 Å². The van der Waals surface area contributed by atoms with Gasteiger partial charge in [0, 0.05) is 16.1 Å². The van der Waals surface area contributed by atoms with Gasteiger partial charge in [-0.2, -0.15) is 0 Å². The van der Waals surface area contributed by atoms with Crippen LogP contribution in [-0.4, -0.2) is 6.04 Å². The van der Waals surface area contributed by atoms with E-state index in [9.17, 15) is 0 Å². The molecule has 1 fully saturated rings. The van der Waals surface area contributed by atoms with Crippen molar-refractivity contribution in [1.82, 2.24) is 0 Å². The molecule has 1 aromatic rings. The molecule has 2 rings (SSSR count). The average Bonchev–Trinajstić information content (AvgIpc) is 2.28. The Morgan fingerprint density at radius 1 is 1.33 bits per heavy atom. The first-order chi connectivity index (χ1) is 8.37. The molecule has 0 aromatic heterocycles. The van der Waals surface area contributed by atoms with E-state index in [1.54, 1.807) is 0 Å². The molecule has 0 bridgehead atoms. The minimum atomic E-state index is 0.285. The number of hydrogen-bond acceptors (Lipinski definition) is 1. The van der Waals surface area contributed by atoms with E-state index in [0.29, 0.717) is 11.3 Å². The summed E-state index contributed by atoms with van der Waals surface area (Å²) in [5.41, 5.74) is 7.78. The highest BCUT2D eigenvalue weighted by Crippen LogP contribution is 2.40. The third kappa shape index (κ3) is 3.40. The smallest absolute Gasteiger partial charge is 0.0439 e. The second-order valence-electron chi connectivity index (χ2n) is 6.27. The van der Waals surface area contributed by atoms with Crippen molar-refractivity contribution in [3.05, 3.63) is 33.8 Å². The highest BCUT2D eigenvalue weighted by atomic mass is 35.5. The second kappa shape index (κ2) is 5.40. The van der Waals surface area contributed by atoms with Crippen LogP contribution in [-0.2, 0) is 6.42 Å². The van der Waals surface area contributed by atoms with Crippen LogP contribution in [0.3, 0.4) is 0 Å². The lowest BCUT2D eigenvalue weighted by Gasteiger charge is -2.39. The summed E-state index contributed by atoms with van der Waals surface area (Å²) in [5, 5.41) is 1.55. The Morgan fingerprint density at radius 3 is 2.78 bits per heavy atom. The molecule has 0 saturated heterocycles. The third-order valence-electron chi connectivity index (χ3n) is 4.06. The van der Waals surface area contributed by atoms with Crippen LogP contribution in [0.25, 0.3) is 0 Å². The van der Waals surface area contributed by atoms with Crippen LogP contribution >= 0.6 is 23.2 Å². The molecule has 1 nitrogen and oxygen atoms in total. The molecular weight excluding hydrogens is 265 g/mol. The first-order valence-corrected chi connectivity index (χ1v) is 7.32. The zero-order chi connectivity index (χ0) is 13.3. The summed E-state index contributed by atoms with van der Waals surface area (Å²) in [6.45, 7) is 4.65. The van der Waals surface area contributed by atoms with Crippen molar-refractivity contribution >= 4 is 23.2 Å². The molecule has 1 aliphatic rings. The van der Waals surface area contributed by atoms with E-state index in [1.807, 2.05) is 18.2 Å². The Hall–Kier alpha value is -0.240. The molecule has 2 N–H and O–H groups in total. The molecule has 3 heteroatoms. The Morgan fingerprint density at radius 2 is 2.06 bits per heavy atom. The normalized spacial score (nSPS) is 27.2. The zero-order valence-electron chi connectivity index (χ0n) is 11.0. The Kier molecular flexibility index (Phi) is 4.25. The van der Waals surface area contributed by atoms with Crippen LogP contribution in [0.2, 0.25) is 10.0 Å². The first-order valence-electron chi connectivity index (χ1n) is 6.57. The molecule has 2 unspecified atom stereocenters. The maximum atomic E-state index is 6.26. The second-order valence-corrected chi connectivity index (χ2v) is 7.11. The number of halogens is 2. The summed E-state index contributed by atoms with van der Waals surface area (Å²) >= 11 is 12.3. The molecule has 0 radical (unpaired) electrons. The fourth-order valence-corrected chi connectivity index (χ4v) is 3.35. The Bertz CT molecular complexity index is 429. The average molecular weight is 286 g/mol. The standard InChI is InChI=1S/C15H21Cl2N/c1-15(2)6-5-14(18)11(9-15)7-10-8-12(16)3-4-13(10)17/h3-4,8,11,14H,5-7,9,18H2,1-2H3. The topological polar surface area (TPSA) is 26.0 Å². The van der Waals surface area contributed by atoms with Crippen LogP contribution in [0.15, 0.2) is 18.2 Å². The fourth-order valence-electron chi connectivity index (χ4n) is 2.96. The van der Waals surface area contributed by atoms with Crippen molar-refractivity contribution in [1.29, 1.82) is 0 Å². The van der Waals surface area contributed by atoms with E-state index in [-0.39, 0.29) is 6.04 Å². The molecule has 1 aromatic carbocycles. The SMILES string of the molecule is CC1(C)CCC(N)C(Cc2cc(Cl)ccc2Cl)C1. The number of benzene rings is 1. The van der Waals surface area contributed by atoms with Crippen molar-refractivity contribution in [3.8, 4) is 0 Å².